The van der Waals surface area contributed by atoms with E-state index >= 15 is 0 Å². The van der Waals surface area contributed by atoms with E-state index in [-0.39, 0.29) is 5.56 Å². The van der Waals surface area contributed by atoms with E-state index in [0.29, 0.717) is 22.9 Å². The molecule has 0 heterocycles. The Morgan fingerprint density at radius 1 is 0.920 bits per heavy atom. The smallest absolute Gasteiger partial charge is 0.342 e. The average Bonchev–Trinajstić information content (AvgIpc) is 2.65. The van der Waals surface area contributed by atoms with E-state index in [9.17, 15) is 9.59 Å². The van der Waals surface area contributed by atoms with Gasteiger partial charge in [-0.25, -0.2) is 4.79 Å². The molecule has 0 aliphatic rings. The summed E-state index contributed by atoms with van der Waals surface area (Å²) in [6.45, 7) is -0.425. The van der Waals surface area contributed by atoms with E-state index in [0.717, 1.165) is 0 Å². The Morgan fingerprint density at radius 3 is 2.32 bits per heavy atom. The van der Waals surface area contributed by atoms with Crippen molar-refractivity contribution in [2.75, 3.05) is 33.3 Å². The van der Waals surface area contributed by atoms with Crippen LogP contribution in [0.25, 0.3) is 0 Å². The lowest BCUT2D eigenvalue weighted by atomic mass is 10.2. The molecule has 0 aliphatic carbocycles. The SMILES string of the molecule is COc1cccc(NC(=O)COC(=O)c2ccc(OC)cc2OC)c1. The molecule has 0 saturated heterocycles. The Labute approximate surface area is 145 Å². The number of ether oxygens (including phenoxy) is 4. The summed E-state index contributed by atoms with van der Waals surface area (Å²) in [5.41, 5.74) is 0.750. The number of methoxy groups -OCH3 is 3. The van der Waals surface area contributed by atoms with E-state index in [4.69, 9.17) is 18.9 Å². The quantitative estimate of drug-likeness (QED) is 0.777. The average molecular weight is 345 g/mol. The maximum absolute atomic E-state index is 12.1. The zero-order chi connectivity index (χ0) is 18.2. The fraction of sp³-hybridized carbons (Fsp3) is 0.222. The van der Waals surface area contributed by atoms with Crippen LogP contribution in [0.2, 0.25) is 0 Å². The lowest BCUT2D eigenvalue weighted by Gasteiger charge is -2.11. The molecule has 25 heavy (non-hydrogen) atoms. The van der Waals surface area contributed by atoms with Gasteiger partial charge in [-0.15, -0.1) is 0 Å². The standard InChI is InChI=1S/C18H19NO6/c1-22-13-6-4-5-12(9-13)19-17(20)11-25-18(21)15-8-7-14(23-2)10-16(15)24-3/h4-10H,11H2,1-3H3,(H,19,20). The van der Waals surface area contributed by atoms with Crippen molar-refractivity contribution >= 4 is 17.6 Å². The number of nitrogens with one attached hydrogen (secondary N) is 1. The highest BCUT2D eigenvalue weighted by molar-refractivity contribution is 5.97. The van der Waals surface area contributed by atoms with Gasteiger partial charge >= 0.3 is 5.97 Å². The largest absolute Gasteiger partial charge is 0.497 e. The highest BCUT2D eigenvalue weighted by atomic mass is 16.5. The summed E-state index contributed by atoms with van der Waals surface area (Å²) in [5.74, 6) is 0.328. The summed E-state index contributed by atoms with van der Waals surface area (Å²) in [5, 5.41) is 2.62. The van der Waals surface area contributed by atoms with Crippen molar-refractivity contribution in [3.8, 4) is 17.2 Å². The molecule has 7 nitrogen and oxygen atoms in total. The Bertz CT molecular complexity index is 759. The van der Waals surface area contributed by atoms with Gasteiger partial charge in [-0.05, 0) is 24.3 Å². The van der Waals surface area contributed by atoms with Crippen molar-refractivity contribution in [1.29, 1.82) is 0 Å². The van der Waals surface area contributed by atoms with E-state index in [1.165, 1.54) is 27.4 Å². The molecule has 0 unspecified atom stereocenters. The molecule has 0 fully saturated rings. The molecule has 2 aromatic rings. The minimum atomic E-state index is -0.666. The molecule has 0 aliphatic heterocycles. The van der Waals surface area contributed by atoms with Gasteiger partial charge < -0.3 is 24.3 Å². The minimum Gasteiger partial charge on any atom is -0.497 e. The Kier molecular flexibility index (Phi) is 6.22. The van der Waals surface area contributed by atoms with Gasteiger partial charge in [0.05, 0.1) is 21.3 Å². The zero-order valence-electron chi connectivity index (χ0n) is 14.2. The fourth-order valence-corrected chi connectivity index (χ4v) is 2.07. The summed E-state index contributed by atoms with van der Waals surface area (Å²) in [6, 6.07) is 11.5. The van der Waals surface area contributed by atoms with Crippen LogP contribution in [-0.4, -0.2) is 39.8 Å². The van der Waals surface area contributed by atoms with Crippen LogP contribution in [0, 0.1) is 0 Å². The first-order valence-electron chi connectivity index (χ1n) is 7.40. The van der Waals surface area contributed by atoms with Crippen molar-refractivity contribution in [2.24, 2.45) is 0 Å². The van der Waals surface area contributed by atoms with Crippen LogP contribution in [-0.2, 0) is 9.53 Å². The lowest BCUT2D eigenvalue weighted by Crippen LogP contribution is -2.21. The number of carbonyl (C=O) groups is 2. The van der Waals surface area contributed by atoms with E-state index < -0.39 is 18.5 Å². The number of benzene rings is 2. The molecule has 2 rings (SSSR count). The van der Waals surface area contributed by atoms with Gasteiger partial charge in [0, 0.05) is 17.8 Å². The third-order valence-corrected chi connectivity index (χ3v) is 3.32. The van der Waals surface area contributed by atoms with Crippen molar-refractivity contribution in [3.63, 3.8) is 0 Å². The Hall–Kier alpha value is -3.22. The van der Waals surface area contributed by atoms with E-state index in [2.05, 4.69) is 5.32 Å². The van der Waals surface area contributed by atoms with Crippen LogP contribution in [0.3, 0.4) is 0 Å². The molecular formula is C18H19NO6. The summed E-state index contributed by atoms with van der Waals surface area (Å²) in [6.07, 6.45) is 0. The number of rotatable bonds is 7. The molecule has 1 N–H and O–H groups in total. The Balaban J connectivity index is 1.96. The van der Waals surface area contributed by atoms with Gasteiger partial charge in [-0.3, -0.25) is 4.79 Å². The molecule has 0 atom stereocenters. The second-order valence-electron chi connectivity index (χ2n) is 4.92. The number of esters is 1. The van der Waals surface area contributed by atoms with Gasteiger partial charge in [0.25, 0.3) is 5.91 Å². The van der Waals surface area contributed by atoms with E-state index in [1.807, 2.05) is 0 Å². The van der Waals surface area contributed by atoms with Gasteiger partial charge in [0.15, 0.2) is 6.61 Å². The molecule has 0 saturated carbocycles. The third-order valence-electron chi connectivity index (χ3n) is 3.32. The van der Waals surface area contributed by atoms with Crippen LogP contribution in [0.1, 0.15) is 10.4 Å². The first kappa shape index (κ1) is 18.1. The van der Waals surface area contributed by atoms with Crippen LogP contribution < -0.4 is 19.5 Å². The van der Waals surface area contributed by atoms with Crippen LogP contribution in [0.4, 0.5) is 5.69 Å². The second-order valence-corrected chi connectivity index (χ2v) is 4.92. The van der Waals surface area contributed by atoms with Crippen LogP contribution in [0.15, 0.2) is 42.5 Å². The monoisotopic (exact) mass is 345 g/mol. The van der Waals surface area contributed by atoms with Crippen molar-refractivity contribution in [3.05, 3.63) is 48.0 Å². The van der Waals surface area contributed by atoms with E-state index in [1.54, 1.807) is 36.4 Å². The number of amides is 1. The summed E-state index contributed by atoms with van der Waals surface area (Å²) in [4.78, 5) is 24.1. The molecule has 7 heteroatoms. The van der Waals surface area contributed by atoms with Crippen LogP contribution in [0.5, 0.6) is 17.2 Å². The summed E-state index contributed by atoms with van der Waals surface area (Å²) in [7, 11) is 4.47. The van der Waals surface area contributed by atoms with Crippen molar-refractivity contribution < 1.29 is 28.5 Å². The van der Waals surface area contributed by atoms with Gasteiger partial charge in [-0.2, -0.15) is 0 Å². The molecule has 0 bridgehead atoms. The molecule has 0 spiro atoms. The molecule has 0 aromatic heterocycles. The topological polar surface area (TPSA) is 83.1 Å². The highest BCUT2D eigenvalue weighted by Crippen LogP contribution is 2.25. The maximum Gasteiger partial charge on any atom is 0.342 e. The first-order chi connectivity index (χ1) is 12.1. The molecular weight excluding hydrogens is 326 g/mol. The number of hydrogen-bond acceptors (Lipinski definition) is 6. The van der Waals surface area contributed by atoms with Crippen molar-refractivity contribution in [2.45, 2.75) is 0 Å². The van der Waals surface area contributed by atoms with Gasteiger partial charge in [0.1, 0.15) is 22.8 Å². The molecule has 0 radical (unpaired) electrons. The predicted molar refractivity (Wildman–Crippen MR) is 91.5 cm³/mol. The summed E-state index contributed by atoms with van der Waals surface area (Å²) >= 11 is 0. The molecule has 2 aromatic carbocycles. The number of carbonyl (C=O) groups excluding carboxylic acids is 2. The number of hydrogen-bond donors (Lipinski definition) is 1. The molecule has 1 amide bonds. The summed E-state index contributed by atoms with van der Waals surface area (Å²) < 4.78 is 20.3. The lowest BCUT2D eigenvalue weighted by molar-refractivity contribution is -0.119. The van der Waals surface area contributed by atoms with Crippen molar-refractivity contribution in [1.82, 2.24) is 0 Å². The fourth-order valence-electron chi connectivity index (χ4n) is 2.07. The van der Waals surface area contributed by atoms with Gasteiger partial charge in [0.2, 0.25) is 0 Å². The maximum atomic E-state index is 12.1. The van der Waals surface area contributed by atoms with Gasteiger partial charge in [-0.1, -0.05) is 6.07 Å². The highest BCUT2D eigenvalue weighted by Gasteiger charge is 2.16. The minimum absolute atomic E-state index is 0.206. The predicted octanol–water partition coefficient (Wildman–Crippen LogP) is 2.51. The van der Waals surface area contributed by atoms with Crippen LogP contribution >= 0.6 is 0 Å². The zero-order valence-corrected chi connectivity index (χ0v) is 14.2. The second kappa shape index (κ2) is 8.58. The Morgan fingerprint density at radius 2 is 1.64 bits per heavy atom. The third kappa shape index (κ3) is 4.87. The number of anilines is 1. The normalized spacial score (nSPS) is 9.88. The first-order valence-corrected chi connectivity index (χ1v) is 7.40. The molecule has 132 valence electrons.